The van der Waals surface area contributed by atoms with Gasteiger partial charge in [-0.25, -0.2) is 9.97 Å². The van der Waals surface area contributed by atoms with Gasteiger partial charge in [0.25, 0.3) is 0 Å². The van der Waals surface area contributed by atoms with Crippen LogP contribution in [0.25, 0.3) is 0 Å². The molecule has 0 amide bonds. The Balaban J connectivity index is 2.03. The van der Waals surface area contributed by atoms with Crippen LogP contribution in [-0.4, -0.2) is 17.1 Å². The molecule has 1 aromatic carbocycles. The molecule has 0 saturated heterocycles. The summed E-state index contributed by atoms with van der Waals surface area (Å²) in [5, 5.41) is 3.25. The second-order valence-corrected chi connectivity index (χ2v) is 4.58. The molecule has 0 fully saturated rings. The first kappa shape index (κ1) is 13.5. The molecule has 0 aliphatic carbocycles. The van der Waals surface area contributed by atoms with Gasteiger partial charge >= 0.3 is 0 Å². The van der Waals surface area contributed by atoms with Gasteiger partial charge in [0, 0.05) is 25.0 Å². The number of methoxy groups -OCH3 is 1. The highest BCUT2D eigenvalue weighted by Gasteiger charge is 2.00. The lowest BCUT2D eigenvalue weighted by Crippen LogP contribution is -2.05. The smallest absolute Gasteiger partial charge is 0.223 e. The van der Waals surface area contributed by atoms with E-state index in [0.717, 1.165) is 11.4 Å². The van der Waals surface area contributed by atoms with Crippen molar-refractivity contribution in [3.8, 4) is 0 Å². The van der Waals surface area contributed by atoms with Crippen LogP contribution in [0.2, 0.25) is 0 Å². The number of ether oxygens (including phenoxy) is 1. The third-order valence-electron chi connectivity index (χ3n) is 2.74. The maximum atomic E-state index is 5.13. The Labute approximate surface area is 113 Å². The Morgan fingerprint density at radius 2 is 1.74 bits per heavy atom. The molecule has 0 aliphatic rings. The lowest BCUT2D eigenvalue weighted by Gasteiger charge is -2.08. The van der Waals surface area contributed by atoms with Gasteiger partial charge in [-0.3, -0.25) is 0 Å². The third kappa shape index (κ3) is 4.03. The highest BCUT2D eigenvalue weighted by atomic mass is 16.5. The van der Waals surface area contributed by atoms with Crippen LogP contribution in [0.1, 0.15) is 22.5 Å². The summed E-state index contributed by atoms with van der Waals surface area (Å²) in [6.45, 7) is 5.28. The maximum absolute atomic E-state index is 5.13. The molecule has 4 heteroatoms. The number of hydrogen-bond donors (Lipinski definition) is 1. The fourth-order valence-electron chi connectivity index (χ4n) is 1.98. The van der Waals surface area contributed by atoms with Crippen LogP contribution in [0.5, 0.6) is 0 Å². The van der Waals surface area contributed by atoms with Gasteiger partial charge in [0.1, 0.15) is 0 Å². The van der Waals surface area contributed by atoms with Crippen LogP contribution in [0, 0.1) is 13.8 Å². The zero-order valence-electron chi connectivity index (χ0n) is 11.6. The summed E-state index contributed by atoms with van der Waals surface area (Å²) in [4.78, 5) is 8.72. The van der Waals surface area contributed by atoms with Crippen molar-refractivity contribution < 1.29 is 4.74 Å². The van der Waals surface area contributed by atoms with Crippen molar-refractivity contribution in [3.63, 3.8) is 0 Å². The first-order chi connectivity index (χ1) is 9.17. The molecule has 0 unspecified atom stereocenters. The van der Waals surface area contributed by atoms with Gasteiger partial charge in [0.15, 0.2) is 0 Å². The molecule has 0 atom stereocenters. The average Bonchev–Trinajstić information content (AvgIpc) is 2.36. The highest BCUT2D eigenvalue weighted by Crippen LogP contribution is 2.09. The topological polar surface area (TPSA) is 47.0 Å². The Morgan fingerprint density at radius 1 is 1.05 bits per heavy atom. The number of anilines is 1. The van der Waals surface area contributed by atoms with Crippen molar-refractivity contribution in [3.05, 3.63) is 52.8 Å². The normalized spacial score (nSPS) is 10.5. The van der Waals surface area contributed by atoms with Gasteiger partial charge < -0.3 is 10.1 Å². The summed E-state index contributed by atoms with van der Waals surface area (Å²) < 4.78 is 5.13. The zero-order chi connectivity index (χ0) is 13.7. The molecule has 0 radical (unpaired) electrons. The average molecular weight is 257 g/mol. The maximum Gasteiger partial charge on any atom is 0.223 e. The molecule has 19 heavy (non-hydrogen) atoms. The van der Waals surface area contributed by atoms with Gasteiger partial charge in [-0.05, 0) is 31.0 Å². The van der Waals surface area contributed by atoms with E-state index >= 15 is 0 Å². The van der Waals surface area contributed by atoms with E-state index in [-0.39, 0.29) is 0 Å². The molecule has 0 bridgehead atoms. The second-order valence-electron chi connectivity index (χ2n) is 4.58. The third-order valence-corrected chi connectivity index (χ3v) is 2.74. The van der Waals surface area contributed by atoms with E-state index in [2.05, 4.69) is 33.5 Å². The minimum absolute atomic E-state index is 0.633. The van der Waals surface area contributed by atoms with Gasteiger partial charge in [-0.2, -0.15) is 0 Å². The predicted octanol–water partition coefficient (Wildman–Crippen LogP) is 2.85. The highest BCUT2D eigenvalue weighted by molar-refractivity contribution is 5.31. The standard InChI is InChI=1S/C15H19N3O/c1-11-7-12(2)18-15(17-11)16-9-13-5-4-6-14(8-13)10-19-3/h4-8H,9-10H2,1-3H3,(H,16,17,18). The van der Waals surface area contributed by atoms with Crippen molar-refractivity contribution in [1.82, 2.24) is 9.97 Å². The molecule has 0 spiro atoms. The molecule has 2 aromatic rings. The number of benzene rings is 1. The Hall–Kier alpha value is -1.94. The molecule has 2 rings (SSSR count). The molecule has 1 N–H and O–H groups in total. The minimum Gasteiger partial charge on any atom is -0.380 e. The molecule has 100 valence electrons. The molecule has 0 saturated carbocycles. The Morgan fingerprint density at radius 3 is 2.42 bits per heavy atom. The van der Waals surface area contributed by atoms with E-state index < -0.39 is 0 Å². The summed E-state index contributed by atoms with van der Waals surface area (Å²) in [7, 11) is 1.70. The summed E-state index contributed by atoms with van der Waals surface area (Å²) >= 11 is 0. The van der Waals surface area contributed by atoms with E-state index in [1.54, 1.807) is 7.11 Å². The quantitative estimate of drug-likeness (QED) is 0.894. The van der Waals surface area contributed by atoms with Crippen LogP contribution < -0.4 is 5.32 Å². The van der Waals surface area contributed by atoms with Crippen molar-refractivity contribution >= 4 is 5.95 Å². The predicted molar refractivity (Wildman–Crippen MR) is 76.0 cm³/mol. The lowest BCUT2D eigenvalue weighted by molar-refractivity contribution is 0.185. The first-order valence-corrected chi connectivity index (χ1v) is 6.30. The number of hydrogen-bond acceptors (Lipinski definition) is 4. The second kappa shape index (κ2) is 6.29. The van der Waals surface area contributed by atoms with Crippen molar-refractivity contribution in [2.24, 2.45) is 0 Å². The fraction of sp³-hybridized carbons (Fsp3) is 0.333. The van der Waals surface area contributed by atoms with Crippen LogP contribution >= 0.6 is 0 Å². The van der Waals surface area contributed by atoms with Crippen molar-refractivity contribution in [2.75, 3.05) is 12.4 Å². The number of aromatic nitrogens is 2. The Kier molecular flexibility index (Phi) is 4.47. The van der Waals surface area contributed by atoms with Gasteiger partial charge in [-0.15, -0.1) is 0 Å². The number of nitrogens with one attached hydrogen (secondary N) is 1. The van der Waals surface area contributed by atoms with Crippen LogP contribution in [0.4, 0.5) is 5.95 Å². The SMILES string of the molecule is COCc1cccc(CNc2nc(C)cc(C)n2)c1. The van der Waals surface area contributed by atoms with Gasteiger partial charge in [0.2, 0.25) is 5.95 Å². The van der Waals surface area contributed by atoms with Gasteiger partial charge in [-0.1, -0.05) is 24.3 Å². The number of rotatable bonds is 5. The summed E-state index contributed by atoms with van der Waals surface area (Å²) in [6, 6.07) is 10.3. The van der Waals surface area contributed by atoms with Crippen LogP contribution in [-0.2, 0) is 17.9 Å². The fourth-order valence-corrected chi connectivity index (χ4v) is 1.98. The molecule has 4 nitrogen and oxygen atoms in total. The summed E-state index contributed by atoms with van der Waals surface area (Å²) in [5.74, 6) is 0.676. The van der Waals surface area contributed by atoms with Crippen molar-refractivity contribution in [1.29, 1.82) is 0 Å². The van der Waals surface area contributed by atoms with E-state index in [0.29, 0.717) is 19.1 Å². The monoisotopic (exact) mass is 257 g/mol. The molecular formula is C15H19N3O. The molecule has 1 aromatic heterocycles. The van der Waals surface area contributed by atoms with Crippen molar-refractivity contribution in [2.45, 2.75) is 27.0 Å². The first-order valence-electron chi connectivity index (χ1n) is 6.30. The Bertz CT molecular complexity index is 535. The van der Waals surface area contributed by atoms with E-state index in [1.165, 1.54) is 11.1 Å². The van der Waals surface area contributed by atoms with E-state index in [1.807, 2.05) is 26.0 Å². The van der Waals surface area contributed by atoms with Crippen LogP contribution in [0.3, 0.4) is 0 Å². The van der Waals surface area contributed by atoms with E-state index in [4.69, 9.17) is 4.74 Å². The summed E-state index contributed by atoms with van der Waals surface area (Å²) in [5.41, 5.74) is 4.31. The zero-order valence-corrected chi connectivity index (χ0v) is 11.6. The lowest BCUT2D eigenvalue weighted by atomic mass is 10.1. The van der Waals surface area contributed by atoms with Crippen LogP contribution in [0.15, 0.2) is 30.3 Å². The molecular weight excluding hydrogens is 238 g/mol. The largest absolute Gasteiger partial charge is 0.380 e. The minimum atomic E-state index is 0.633. The van der Waals surface area contributed by atoms with E-state index in [9.17, 15) is 0 Å². The number of aryl methyl sites for hydroxylation is 2. The molecule has 0 aliphatic heterocycles. The van der Waals surface area contributed by atoms with Gasteiger partial charge in [0.05, 0.1) is 6.61 Å². The molecule has 1 heterocycles. The summed E-state index contributed by atoms with van der Waals surface area (Å²) in [6.07, 6.45) is 0. The number of nitrogens with zero attached hydrogens (tertiary/aromatic N) is 2.